The molecule has 6 nitrogen and oxygen atoms in total. The number of benzene rings is 2. The van der Waals surface area contributed by atoms with Crippen molar-refractivity contribution in [2.75, 3.05) is 6.54 Å². The molecule has 0 atom stereocenters. The van der Waals surface area contributed by atoms with Crippen LogP contribution in [0.1, 0.15) is 32.8 Å². The number of nitrogens with one attached hydrogen (secondary N) is 1. The van der Waals surface area contributed by atoms with E-state index in [-0.39, 0.29) is 13.0 Å². The summed E-state index contributed by atoms with van der Waals surface area (Å²) in [5.41, 5.74) is 2.01. The summed E-state index contributed by atoms with van der Waals surface area (Å²) in [5.74, 6) is -13.4. The first-order valence-corrected chi connectivity index (χ1v) is 9.45. The van der Waals surface area contributed by atoms with Crippen molar-refractivity contribution in [3.8, 4) is 5.75 Å². The van der Waals surface area contributed by atoms with E-state index in [9.17, 15) is 31.5 Å². The summed E-state index contributed by atoms with van der Waals surface area (Å²) in [7, 11) is 0. The van der Waals surface area contributed by atoms with Gasteiger partial charge in [-0.05, 0) is 39.2 Å². The minimum absolute atomic E-state index is 0.220. The van der Waals surface area contributed by atoms with Gasteiger partial charge >= 0.3 is 12.2 Å². The third-order valence-electron chi connectivity index (χ3n) is 3.89. The molecule has 0 spiro atoms. The van der Waals surface area contributed by atoms with Crippen molar-refractivity contribution < 1.29 is 41.0 Å². The van der Waals surface area contributed by atoms with Crippen molar-refractivity contribution in [3.63, 3.8) is 0 Å². The maximum Gasteiger partial charge on any atom is 0.434 e. The fraction of sp³-hybridized carbons (Fsp3) is 0.333. The Bertz CT molecular complexity index is 951. The first kappa shape index (κ1) is 24.9. The van der Waals surface area contributed by atoms with Crippen molar-refractivity contribution >= 4 is 12.2 Å². The van der Waals surface area contributed by atoms with Crippen LogP contribution < -0.4 is 10.2 Å². The van der Waals surface area contributed by atoms with Crippen LogP contribution >= 0.6 is 0 Å². The second kappa shape index (κ2) is 10.3. The van der Waals surface area contributed by atoms with E-state index in [1.54, 1.807) is 39.0 Å². The van der Waals surface area contributed by atoms with Crippen LogP contribution in [0.25, 0.3) is 0 Å². The number of hydrazine groups is 1. The van der Waals surface area contributed by atoms with Gasteiger partial charge in [-0.3, -0.25) is 0 Å². The predicted octanol–water partition coefficient (Wildman–Crippen LogP) is 5.26. The second-order valence-corrected chi connectivity index (χ2v) is 7.62. The standard InChI is InChI=1S/C21H21F5N2O4/c1-21(2,3)32-19(29)27-28(11-7-10-12-8-5-4-6-9-12)20(30)31-18-16(25)14(23)13(22)15(24)17(18)26/h4-6,8-9H,7,10-11H2,1-3H3,(H,27,29). The van der Waals surface area contributed by atoms with Gasteiger partial charge in [0.1, 0.15) is 5.60 Å². The van der Waals surface area contributed by atoms with Crippen LogP contribution in [0.3, 0.4) is 0 Å². The summed E-state index contributed by atoms with van der Waals surface area (Å²) in [6.45, 7) is 4.45. The van der Waals surface area contributed by atoms with E-state index in [4.69, 9.17) is 4.74 Å². The Kier molecular flexibility index (Phi) is 8.01. The van der Waals surface area contributed by atoms with Crippen molar-refractivity contribution in [2.45, 2.75) is 39.2 Å². The number of hydrogen-bond donors (Lipinski definition) is 1. The lowest BCUT2D eigenvalue weighted by atomic mass is 10.1. The van der Waals surface area contributed by atoms with Crippen LogP contribution in [0.15, 0.2) is 30.3 Å². The molecule has 2 rings (SSSR count). The summed E-state index contributed by atoms with van der Waals surface area (Å²) in [6, 6.07) is 9.03. The van der Waals surface area contributed by atoms with Crippen LogP contribution in [0.5, 0.6) is 5.75 Å². The number of carbonyl (C=O) groups excluding carboxylic acids is 2. The molecule has 32 heavy (non-hydrogen) atoms. The van der Waals surface area contributed by atoms with Crippen LogP contribution in [-0.2, 0) is 11.2 Å². The molecule has 2 amide bonds. The summed E-state index contributed by atoms with van der Waals surface area (Å²) in [5, 5.41) is 0.523. The fourth-order valence-electron chi connectivity index (χ4n) is 2.51. The van der Waals surface area contributed by atoms with Gasteiger partial charge in [-0.1, -0.05) is 30.3 Å². The highest BCUT2D eigenvalue weighted by atomic mass is 19.2. The molecule has 0 aliphatic rings. The van der Waals surface area contributed by atoms with E-state index >= 15 is 0 Å². The Labute approximate surface area is 180 Å². The van der Waals surface area contributed by atoms with Crippen molar-refractivity contribution in [1.82, 2.24) is 10.4 Å². The molecule has 0 heterocycles. The quantitative estimate of drug-likeness (QED) is 0.286. The molecule has 0 saturated carbocycles. The Morgan fingerprint density at radius 3 is 1.97 bits per heavy atom. The number of ether oxygens (including phenoxy) is 2. The monoisotopic (exact) mass is 460 g/mol. The number of amides is 2. The largest absolute Gasteiger partial charge is 0.443 e. The lowest BCUT2D eigenvalue weighted by Crippen LogP contribution is -2.49. The maximum absolute atomic E-state index is 13.9. The Morgan fingerprint density at radius 1 is 0.906 bits per heavy atom. The molecule has 0 aliphatic carbocycles. The summed E-state index contributed by atoms with van der Waals surface area (Å²) in [6.07, 6.45) is -1.96. The number of carbonyl (C=O) groups is 2. The molecule has 11 heteroatoms. The lowest BCUT2D eigenvalue weighted by Gasteiger charge is -2.25. The molecular weight excluding hydrogens is 439 g/mol. The smallest absolute Gasteiger partial charge is 0.434 e. The van der Waals surface area contributed by atoms with E-state index in [2.05, 4.69) is 10.2 Å². The van der Waals surface area contributed by atoms with E-state index in [0.717, 1.165) is 5.56 Å². The Hall–Kier alpha value is -3.37. The van der Waals surface area contributed by atoms with Gasteiger partial charge in [-0.25, -0.2) is 33.2 Å². The maximum atomic E-state index is 13.9. The molecule has 0 radical (unpaired) electrons. The number of rotatable bonds is 5. The van der Waals surface area contributed by atoms with E-state index in [0.29, 0.717) is 11.4 Å². The number of hydrogen-bond acceptors (Lipinski definition) is 4. The van der Waals surface area contributed by atoms with Crippen molar-refractivity contribution in [2.24, 2.45) is 0 Å². The average molecular weight is 460 g/mol. The molecule has 0 aromatic heterocycles. The molecule has 0 saturated heterocycles. The number of aryl methyl sites for hydroxylation is 1. The van der Waals surface area contributed by atoms with Gasteiger partial charge in [0, 0.05) is 6.54 Å². The zero-order valence-corrected chi connectivity index (χ0v) is 17.5. The van der Waals surface area contributed by atoms with Crippen LogP contribution in [0, 0.1) is 29.1 Å². The van der Waals surface area contributed by atoms with Gasteiger partial charge < -0.3 is 9.47 Å². The minimum atomic E-state index is -2.40. The molecule has 0 aliphatic heterocycles. The van der Waals surface area contributed by atoms with Gasteiger partial charge in [-0.2, -0.15) is 8.78 Å². The fourth-order valence-corrected chi connectivity index (χ4v) is 2.51. The topological polar surface area (TPSA) is 67.9 Å². The summed E-state index contributed by atoms with van der Waals surface area (Å²) >= 11 is 0. The summed E-state index contributed by atoms with van der Waals surface area (Å²) < 4.78 is 77.1. The van der Waals surface area contributed by atoms with Gasteiger partial charge in [0.05, 0.1) is 0 Å². The van der Waals surface area contributed by atoms with Crippen molar-refractivity contribution in [1.29, 1.82) is 0 Å². The molecule has 2 aromatic rings. The first-order valence-electron chi connectivity index (χ1n) is 9.45. The normalized spacial score (nSPS) is 11.1. The zero-order valence-electron chi connectivity index (χ0n) is 17.5. The predicted molar refractivity (Wildman–Crippen MR) is 103 cm³/mol. The average Bonchev–Trinajstić information content (AvgIpc) is 2.72. The molecule has 0 fully saturated rings. The van der Waals surface area contributed by atoms with Gasteiger partial charge in [0.2, 0.25) is 34.8 Å². The lowest BCUT2D eigenvalue weighted by molar-refractivity contribution is 0.0336. The van der Waals surface area contributed by atoms with Crippen LogP contribution in [-0.4, -0.2) is 29.3 Å². The number of halogens is 5. The zero-order chi connectivity index (χ0) is 24.1. The third-order valence-corrected chi connectivity index (χ3v) is 3.89. The Morgan fingerprint density at radius 2 is 1.44 bits per heavy atom. The highest BCUT2D eigenvalue weighted by Gasteiger charge is 2.31. The summed E-state index contributed by atoms with van der Waals surface area (Å²) in [4.78, 5) is 24.5. The van der Waals surface area contributed by atoms with E-state index < -0.39 is 52.6 Å². The van der Waals surface area contributed by atoms with Gasteiger partial charge in [-0.15, -0.1) is 0 Å². The van der Waals surface area contributed by atoms with Crippen LogP contribution in [0.4, 0.5) is 31.5 Å². The number of nitrogens with zero attached hydrogens (tertiary/aromatic N) is 1. The highest BCUT2D eigenvalue weighted by molar-refractivity contribution is 5.75. The molecule has 0 unspecified atom stereocenters. The van der Waals surface area contributed by atoms with Crippen LogP contribution in [0.2, 0.25) is 0 Å². The highest BCUT2D eigenvalue weighted by Crippen LogP contribution is 2.29. The van der Waals surface area contributed by atoms with Gasteiger partial charge in [0.25, 0.3) is 0 Å². The molecule has 1 N–H and O–H groups in total. The second-order valence-electron chi connectivity index (χ2n) is 7.62. The molecule has 174 valence electrons. The Balaban J connectivity index is 2.20. The first-order chi connectivity index (χ1) is 14.9. The molecular formula is C21H21F5N2O4. The molecule has 0 bridgehead atoms. The minimum Gasteiger partial charge on any atom is -0.443 e. The van der Waals surface area contributed by atoms with E-state index in [1.807, 2.05) is 12.1 Å². The third kappa shape index (κ3) is 6.56. The SMILES string of the molecule is CC(C)(C)OC(=O)NN(CCCc1ccccc1)C(=O)Oc1c(F)c(F)c(F)c(F)c1F. The molecule has 2 aromatic carbocycles. The van der Waals surface area contributed by atoms with Crippen molar-refractivity contribution in [3.05, 3.63) is 65.0 Å². The van der Waals surface area contributed by atoms with E-state index in [1.165, 1.54) is 0 Å². The van der Waals surface area contributed by atoms with Gasteiger partial charge in [0.15, 0.2) is 0 Å².